The number of nitrogens with zero attached hydrogens (tertiary/aromatic N) is 3. The molecule has 0 radical (unpaired) electrons. The molecule has 1 aromatic rings. The van der Waals surface area contributed by atoms with Crippen LogP contribution in [0.2, 0.25) is 0 Å². The van der Waals surface area contributed by atoms with Gasteiger partial charge in [0.1, 0.15) is 0 Å². The Balaban J connectivity index is 1.94. The van der Waals surface area contributed by atoms with Crippen molar-refractivity contribution in [2.45, 2.75) is 13.1 Å². The first-order valence-electron chi connectivity index (χ1n) is 5.04. The summed E-state index contributed by atoms with van der Waals surface area (Å²) in [6, 6.07) is 2.14. The number of rotatable bonds is 0. The summed E-state index contributed by atoms with van der Waals surface area (Å²) in [6.45, 7) is 3.39. The summed E-state index contributed by atoms with van der Waals surface area (Å²) in [5, 5.41) is 4.41. The third kappa shape index (κ3) is 1.28. The Bertz CT molecular complexity index is 343. The highest BCUT2D eigenvalue weighted by Crippen LogP contribution is 2.41. The monoisotopic (exact) mass is 209 g/mol. The van der Waals surface area contributed by atoms with Crippen LogP contribution < -0.4 is 0 Å². The van der Waals surface area contributed by atoms with Crippen molar-refractivity contribution in [3.63, 3.8) is 0 Å². The first kappa shape index (κ1) is 8.80. The lowest BCUT2D eigenvalue weighted by atomic mass is 9.91. The van der Waals surface area contributed by atoms with E-state index in [0.717, 1.165) is 13.1 Å². The Labute approximate surface area is 88.5 Å². The highest BCUT2D eigenvalue weighted by atomic mass is 32.2. The topological polar surface area (TPSA) is 21.1 Å². The van der Waals surface area contributed by atoms with Crippen LogP contribution in [0.15, 0.2) is 12.3 Å². The van der Waals surface area contributed by atoms with Crippen LogP contribution >= 0.6 is 11.8 Å². The lowest BCUT2D eigenvalue weighted by molar-refractivity contribution is 0.199. The molecule has 2 aliphatic rings. The molecule has 0 aliphatic carbocycles. The van der Waals surface area contributed by atoms with E-state index in [4.69, 9.17) is 0 Å². The molecule has 0 unspecified atom stereocenters. The SMILES string of the molecule is CN1Cc2ccnn2CC2(CSC2)C1. The number of hydrogen-bond acceptors (Lipinski definition) is 3. The molecule has 3 rings (SSSR count). The van der Waals surface area contributed by atoms with Crippen molar-refractivity contribution < 1.29 is 0 Å². The zero-order valence-corrected chi connectivity index (χ0v) is 9.26. The molecule has 1 fully saturated rings. The summed E-state index contributed by atoms with van der Waals surface area (Å²) in [4.78, 5) is 2.43. The molecule has 0 N–H and O–H groups in total. The summed E-state index contributed by atoms with van der Waals surface area (Å²) in [7, 11) is 2.22. The van der Waals surface area contributed by atoms with Gasteiger partial charge in [0.05, 0.1) is 5.69 Å². The van der Waals surface area contributed by atoms with E-state index >= 15 is 0 Å². The average Bonchev–Trinajstić information content (AvgIpc) is 2.43. The number of aromatic nitrogens is 2. The zero-order valence-electron chi connectivity index (χ0n) is 8.44. The Kier molecular flexibility index (Phi) is 1.89. The summed E-state index contributed by atoms with van der Waals surface area (Å²) in [6.07, 6.45) is 1.92. The zero-order chi connectivity index (χ0) is 9.60. The van der Waals surface area contributed by atoms with Gasteiger partial charge in [0.15, 0.2) is 0 Å². The molecule has 3 nitrogen and oxygen atoms in total. The second kappa shape index (κ2) is 3.00. The maximum atomic E-state index is 4.41. The van der Waals surface area contributed by atoms with E-state index < -0.39 is 0 Å². The summed E-state index contributed by atoms with van der Waals surface area (Å²) in [5.74, 6) is 2.60. The van der Waals surface area contributed by atoms with Gasteiger partial charge >= 0.3 is 0 Å². The molecular formula is C10H15N3S. The largest absolute Gasteiger partial charge is 0.300 e. The first-order valence-corrected chi connectivity index (χ1v) is 6.20. The summed E-state index contributed by atoms with van der Waals surface area (Å²) < 4.78 is 2.20. The average molecular weight is 209 g/mol. The smallest absolute Gasteiger partial charge is 0.0524 e. The molecule has 14 heavy (non-hydrogen) atoms. The second-order valence-corrected chi connectivity index (χ2v) is 5.63. The molecule has 0 atom stereocenters. The molecule has 76 valence electrons. The van der Waals surface area contributed by atoms with Crippen molar-refractivity contribution in [1.29, 1.82) is 0 Å². The van der Waals surface area contributed by atoms with Crippen LogP contribution in [0, 0.1) is 5.41 Å². The molecule has 0 aromatic carbocycles. The van der Waals surface area contributed by atoms with E-state index in [1.165, 1.54) is 23.7 Å². The molecule has 3 heterocycles. The van der Waals surface area contributed by atoms with E-state index in [9.17, 15) is 0 Å². The first-order chi connectivity index (χ1) is 6.77. The lowest BCUT2D eigenvalue weighted by Gasteiger charge is -2.41. The molecule has 1 aromatic heterocycles. The minimum Gasteiger partial charge on any atom is -0.300 e. The third-order valence-corrected chi connectivity index (χ3v) is 4.78. The molecule has 2 aliphatic heterocycles. The van der Waals surface area contributed by atoms with Gasteiger partial charge < -0.3 is 0 Å². The molecule has 4 heteroatoms. The normalized spacial score (nSPS) is 25.5. The van der Waals surface area contributed by atoms with Crippen molar-refractivity contribution in [3.05, 3.63) is 18.0 Å². The van der Waals surface area contributed by atoms with Gasteiger partial charge in [0.25, 0.3) is 0 Å². The number of fused-ring (bicyclic) bond motifs is 1. The van der Waals surface area contributed by atoms with Gasteiger partial charge in [-0.1, -0.05) is 0 Å². The highest BCUT2D eigenvalue weighted by Gasteiger charge is 2.41. The van der Waals surface area contributed by atoms with E-state index in [1.807, 2.05) is 6.20 Å². The predicted molar refractivity (Wildman–Crippen MR) is 58.3 cm³/mol. The molecule has 1 spiro atoms. The molecule has 0 amide bonds. The Morgan fingerprint density at radius 3 is 3.00 bits per heavy atom. The standard InChI is InChI=1S/C10H15N3S/c1-12-4-9-2-3-11-13(9)6-10(5-12)7-14-8-10/h2-3H,4-8H2,1H3. The lowest BCUT2D eigenvalue weighted by Crippen LogP contribution is -2.46. The van der Waals surface area contributed by atoms with Crippen molar-refractivity contribution in [3.8, 4) is 0 Å². The van der Waals surface area contributed by atoms with E-state index in [-0.39, 0.29) is 0 Å². The van der Waals surface area contributed by atoms with Gasteiger partial charge in [-0.25, -0.2) is 0 Å². The molecular weight excluding hydrogens is 194 g/mol. The van der Waals surface area contributed by atoms with Gasteiger partial charge in [0, 0.05) is 42.8 Å². The fourth-order valence-corrected chi connectivity index (χ4v) is 3.63. The molecule has 0 bridgehead atoms. The van der Waals surface area contributed by atoms with Gasteiger partial charge in [-0.05, 0) is 13.1 Å². The van der Waals surface area contributed by atoms with Crippen LogP contribution in [0.25, 0.3) is 0 Å². The fourth-order valence-electron chi connectivity index (χ4n) is 2.48. The predicted octanol–water partition coefficient (Wildman–Crippen LogP) is 1.06. The quantitative estimate of drug-likeness (QED) is 0.637. The Morgan fingerprint density at radius 1 is 1.43 bits per heavy atom. The minimum atomic E-state index is 0.511. The highest BCUT2D eigenvalue weighted by molar-refractivity contribution is 8.00. The van der Waals surface area contributed by atoms with Crippen molar-refractivity contribution in [2.24, 2.45) is 5.41 Å². The van der Waals surface area contributed by atoms with Crippen LogP contribution in [-0.4, -0.2) is 39.8 Å². The Hall–Kier alpha value is -0.480. The van der Waals surface area contributed by atoms with Crippen LogP contribution in [0.4, 0.5) is 0 Å². The van der Waals surface area contributed by atoms with Gasteiger partial charge in [-0.2, -0.15) is 16.9 Å². The molecule has 0 saturated carbocycles. The number of thioether (sulfide) groups is 1. The van der Waals surface area contributed by atoms with Gasteiger partial charge in [-0.15, -0.1) is 0 Å². The summed E-state index contributed by atoms with van der Waals surface area (Å²) in [5.41, 5.74) is 1.87. The van der Waals surface area contributed by atoms with Crippen molar-refractivity contribution >= 4 is 11.8 Å². The Morgan fingerprint density at radius 2 is 2.29 bits per heavy atom. The van der Waals surface area contributed by atoms with Crippen LogP contribution in [0.3, 0.4) is 0 Å². The van der Waals surface area contributed by atoms with E-state index in [2.05, 4.69) is 39.6 Å². The van der Waals surface area contributed by atoms with E-state index in [0.29, 0.717) is 5.41 Å². The minimum absolute atomic E-state index is 0.511. The maximum Gasteiger partial charge on any atom is 0.0524 e. The van der Waals surface area contributed by atoms with Crippen LogP contribution in [0.5, 0.6) is 0 Å². The van der Waals surface area contributed by atoms with Crippen LogP contribution in [0.1, 0.15) is 5.69 Å². The van der Waals surface area contributed by atoms with Crippen LogP contribution in [-0.2, 0) is 13.1 Å². The maximum absolute atomic E-state index is 4.41. The third-order valence-electron chi connectivity index (χ3n) is 3.14. The van der Waals surface area contributed by atoms with Crippen molar-refractivity contribution in [1.82, 2.24) is 14.7 Å². The molecule has 1 saturated heterocycles. The van der Waals surface area contributed by atoms with Crippen molar-refractivity contribution in [2.75, 3.05) is 25.1 Å². The van der Waals surface area contributed by atoms with E-state index in [1.54, 1.807) is 0 Å². The van der Waals surface area contributed by atoms with Gasteiger partial charge in [0.2, 0.25) is 0 Å². The summed E-state index contributed by atoms with van der Waals surface area (Å²) >= 11 is 2.06. The number of hydrogen-bond donors (Lipinski definition) is 0. The van der Waals surface area contributed by atoms with Gasteiger partial charge in [-0.3, -0.25) is 9.58 Å². The second-order valence-electron chi connectivity index (χ2n) is 4.65. The fraction of sp³-hybridized carbons (Fsp3) is 0.700.